The highest BCUT2D eigenvalue weighted by Crippen LogP contribution is 2.35. The molecule has 0 saturated carbocycles. The van der Waals surface area contributed by atoms with Crippen molar-refractivity contribution < 1.29 is 4.57 Å². The van der Waals surface area contributed by atoms with Gasteiger partial charge in [0.15, 0.2) is 0 Å². The van der Waals surface area contributed by atoms with Gasteiger partial charge in [-0.3, -0.25) is 4.98 Å². The average molecular weight is 410 g/mol. The molecule has 2 heteroatoms. The van der Waals surface area contributed by atoms with Gasteiger partial charge in [0.1, 0.15) is 7.05 Å². The molecule has 0 saturated heterocycles. The SMILES string of the molecule is Cc1cc(C)c(C)c(-c2c(-c3ccc(CC(C)(C)C)nc3)cc3ccccc3[n+]2C)c1. The zero-order chi connectivity index (χ0) is 22.3. The number of benzene rings is 2. The first kappa shape index (κ1) is 21.2. The van der Waals surface area contributed by atoms with E-state index in [4.69, 9.17) is 4.98 Å². The van der Waals surface area contributed by atoms with Gasteiger partial charge in [-0.25, -0.2) is 0 Å². The number of nitrogens with zero attached hydrogens (tertiary/aromatic N) is 2. The Balaban J connectivity index is 1.98. The van der Waals surface area contributed by atoms with Crippen LogP contribution in [0, 0.1) is 26.2 Å². The quantitative estimate of drug-likeness (QED) is 0.336. The Hall–Kier alpha value is -3.00. The molecule has 0 amide bonds. The van der Waals surface area contributed by atoms with E-state index in [1.807, 2.05) is 6.20 Å². The van der Waals surface area contributed by atoms with Crippen molar-refractivity contribution in [1.82, 2.24) is 4.98 Å². The zero-order valence-corrected chi connectivity index (χ0v) is 19.9. The van der Waals surface area contributed by atoms with Crippen molar-refractivity contribution in [2.24, 2.45) is 12.5 Å². The predicted octanol–water partition coefficient (Wildman–Crippen LogP) is 6.91. The number of aryl methyl sites for hydroxylation is 3. The Morgan fingerprint density at radius 1 is 0.871 bits per heavy atom. The van der Waals surface area contributed by atoms with Gasteiger partial charge in [0.25, 0.3) is 0 Å². The third-order valence-corrected chi connectivity index (χ3v) is 6.10. The number of aromatic nitrogens is 2. The molecule has 2 aromatic heterocycles. The average Bonchev–Trinajstić information content (AvgIpc) is 2.70. The molecule has 4 rings (SSSR count). The predicted molar refractivity (Wildman–Crippen MR) is 131 cm³/mol. The molecule has 31 heavy (non-hydrogen) atoms. The monoisotopic (exact) mass is 409 g/mol. The molecule has 2 aromatic carbocycles. The minimum absolute atomic E-state index is 0.227. The summed E-state index contributed by atoms with van der Waals surface area (Å²) in [6, 6.07) is 19.9. The molecule has 0 aliphatic carbocycles. The van der Waals surface area contributed by atoms with Crippen LogP contribution in [0.2, 0.25) is 0 Å². The molecule has 0 aliphatic rings. The van der Waals surface area contributed by atoms with Crippen molar-refractivity contribution in [3.63, 3.8) is 0 Å². The number of fused-ring (bicyclic) bond motifs is 1. The smallest absolute Gasteiger partial charge is 0.221 e. The highest BCUT2D eigenvalue weighted by atomic mass is 14.9. The number of rotatable bonds is 3. The summed E-state index contributed by atoms with van der Waals surface area (Å²) in [4.78, 5) is 4.83. The summed E-state index contributed by atoms with van der Waals surface area (Å²) in [6.45, 7) is 13.4. The fraction of sp³-hybridized carbons (Fsp3) is 0.310. The summed E-state index contributed by atoms with van der Waals surface area (Å²) in [7, 11) is 2.18. The molecular weight excluding hydrogens is 376 g/mol. The number of hydrogen-bond acceptors (Lipinski definition) is 1. The first-order valence-corrected chi connectivity index (χ1v) is 11.1. The van der Waals surface area contributed by atoms with Gasteiger partial charge in [0.05, 0.1) is 11.1 Å². The van der Waals surface area contributed by atoms with E-state index in [0.717, 1.165) is 17.7 Å². The van der Waals surface area contributed by atoms with Crippen LogP contribution in [-0.4, -0.2) is 4.98 Å². The van der Waals surface area contributed by atoms with Gasteiger partial charge in [0, 0.05) is 28.9 Å². The van der Waals surface area contributed by atoms with E-state index in [2.05, 4.69) is 108 Å². The molecule has 4 aromatic rings. The first-order chi connectivity index (χ1) is 14.6. The van der Waals surface area contributed by atoms with Crippen molar-refractivity contribution in [2.45, 2.75) is 48.0 Å². The van der Waals surface area contributed by atoms with Crippen molar-refractivity contribution >= 4 is 10.9 Å². The van der Waals surface area contributed by atoms with Gasteiger partial charge in [-0.1, -0.05) is 50.6 Å². The van der Waals surface area contributed by atoms with E-state index < -0.39 is 0 Å². The third kappa shape index (κ3) is 4.25. The number of para-hydroxylation sites is 1. The minimum Gasteiger partial charge on any atom is -0.261 e. The van der Waals surface area contributed by atoms with Crippen LogP contribution in [-0.2, 0) is 13.5 Å². The van der Waals surface area contributed by atoms with Gasteiger partial charge in [-0.05, 0) is 68.0 Å². The van der Waals surface area contributed by atoms with E-state index in [-0.39, 0.29) is 5.41 Å². The summed E-state index contributed by atoms with van der Waals surface area (Å²) in [5.74, 6) is 0. The fourth-order valence-corrected chi connectivity index (χ4v) is 4.50. The largest absolute Gasteiger partial charge is 0.261 e. The molecule has 0 fully saturated rings. The summed E-state index contributed by atoms with van der Waals surface area (Å²) < 4.78 is 2.34. The Labute approximate surface area is 186 Å². The lowest BCUT2D eigenvalue weighted by atomic mass is 9.89. The van der Waals surface area contributed by atoms with Crippen molar-refractivity contribution in [2.75, 3.05) is 0 Å². The van der Waals surface area contributed by atoms with Gasteiger partial charge < -0.3 is 0 Å². The Bertz CT molecular complexity index is 1260. The highest BCUT2D eigenvalue weighted by molar-refractivity contribution is 5.89. The Morgan fingerprint density at radius 2 is 1.61 bits per heavy atom. The van der Waals surface area contributed by atoms with Gasteiger partial charge in [-0.15, -0.1) is 0 Å². The van der Waals surface area contributed by atoms with E-state index in [0.29, 0.717) is 0 Å². The molecule has 0 bridgehead atoms. The van der Waals surface area contributed by atoms with Crippen LogP contribution in [0.3, 0.4) is 0 Å². The van der Waals surface area contributed by atoms with Crippen molar-refractivity contribution in [3.8, 4) is 22.4 Å². The standard InChI is InChI=1S/C29H33N2/c1-19-14-20(2)21(3)25(15-19)28-26(16-22-10-8-9-11-27(22)31(28)7)23-12-13-24(30-18-23)17-29(4,5)6/h8-16,18H,17H2,1-7H3/q+1. The maximum absolute atomic E-state index is 4.83. The van der Waals surface area contributed by atoms with Gasteiger partial charge in [0.2, 0.25) is 11.2 Å². The van der Waals surface area contributed by atoms with E-state index in [9.17, 15) is 0 Å². The molecule has 2 heterocycles. The highest BCUT2D eigenvalue weighted by Gasteiger charge is 2.24. The minimum atomic E-state index is 0.227. The topological polar surface area (TPSA) is 16.8 Å². The summed E-state index contributed by atoms with van der Waals surface area (Å²) >= 11 is 0. The van der Waals surface area contributed by atoms with Gasteiger partial charge in [-0.2, -0.15) is 4.57 Å². The van der Waals surface area contributed by atoms with Crippen molar-refractivity contribution in [1.29, 1.82) is 0 Å². The van der Waals surface area contributed by atoms with Crippen LogP contribution in [0.25, 0.3) is 33.3 Å². The molecule has 0 atom stereocenters. The maximum Gasteiger partial charge on any atom is 0.221 e. The summed E-state index contributed by atoms with van der Waals surface area (Å²) in [6.07, 6.45) is 3.02. The Kier molecular flexibility index (Phi) is 5.43. The molecule has 158 valence electrons. The Morgan fingerprint density at radius 3 is 2.29 bits per heavy atom. The lowest BCUT2D eigenvalue weighted by Gasteiger charge is -2.18. The molecule has 0 radical (unpaired) electrons. The maximum atomic E-state index is 4.83. The molecule has 0 aliphatic heterocycles. The lowest BCUT2D eigenvalue weighted by Crippen LogP contribution is -2.33. The fourth-order valence-electron chi connectivity index (χ4n) is 4.50. The third-order valence-electron chi connectivity index (χ3n) is 6.10. The summed E-state index contributed by atoms with van der Waals surface area (Å²) in [5, 5.41) is 1.24. The normalized spacial score (nSPS) is 11.8. The molecule has 0 spiro atoms. The second-order valence-corrected chi connectivity index (χ2v) is 10.1. The second-order valence-electron chi connectivity index (χ2n) is 10.1. The number of hydrogen-bond donors (Lipinski definition) is 0. The van der Waals surface area contributed by atoms with E-state index >= 15 is 0 Å². The van der Waals surface area contributed by atoms with Crippen LogP contribution in [0.15, 0.2) is 60.8 Å². The molecule has 0 unspecified atom stereocenters. The molecule has 2 nitrogen and oxygen atoms in total. The van der Waals surface area contributed by atoms with Crippen molar-refractivity contribution in [3.05, 3.63) is 83.2 Å². The van der Waals surface area contributed by atoms with Crippen LogP contribution < -0.4 is 4.57 Å². The van der Waals surface area contributed by atoms with Crippen LogP contribution >= 0.6 is 0 Å². The molecular formula is C29H33N2+. The zero-order valence-electron chi connectivity index (χ0n) is 19.9. The lowest BCUT2D eigenvalue weighted by molar-refractivity contribution is -0.633. The van der Waals surface area contributed by atoms with E-state index in [1.54, 1.807) is 0 Å². The van der Waals surface area contributed by atoms with Crippen LogP contribution in [0.4, 0.5) is 0 Å². The molecule has 0 N–H and O–H groups in total. The van der Waals surface area contributed by atoms with Gasteiger partial charge >= 0.3 is 0 Å². The van der Waals surface area contributed by atoms with Crippen LogP contribution in [0.5, 0.6) is 0 Å². The first-order valence-electron chi connectivity index (χ1n) is 11.1. The van der Waals surface area contributed by atoms with E-state index in [1.165, 1.54) is 44.4 Å². The van der Waals surface area contributed by atoms with Crippen LogP contribution in [0.1, 0.15) is 43.2 Å². The second kappa shape index (κ2) is 7.92. The number of pyridine rings is 2. The summed E-state index contributed by atoms with van der Waals surface area (Å²) in [5.41, 5.74) is 11.5.